The second kappa shape index (κ2) is 9.71. The minimum absolute atomic E-state index is 0.217. The number of hydrogen-bond donors (Lipinski definition) is 2. The van der Waals surface area contributed by atoms with Crippen LogP contribution in [0, 0.1) is 0 Å². The number of aliphatic imine (C=N–C) groups is 1. The molecule has 6 nitrogen and oxygen atoms in total. The molecule has 0 aliphatic carbocycles. The van der Waals surface area contributed by atoms with Gasteiger partial charge in [0.25, 0.3) is 0 Å². The molecule has 1 aliphatic heterocycles. The molecule has 0 amide bonds. The van der Waals surface area contributed by atoms with Gasteiger partial charge in [-0.15, -0.1) is 13.2 Å². The lowest BCUT2D eigenvalue weighted by Gasteiger charge is -2.38. The summed E-state index contributed by atoms with van der Waals surface area (Å²) in [6.45, 7) is 6.44. The number of nitrogens with two attached hydrogens (primary N) is 1. The number of nitrogens with zero attached hydrogens (tertiary/aromatic N) is 3. The third-order valence-electron chi connectivity index (χ3n) is 4.95. The van der Waals surface area contributed by atoms with Crippen molar-refractivity contribution in [3.8, 4) is 5.75 Å². The van der Waals surface area contributed by atoms with Gasteiger partial charge in [0, 0.05) is 43.6 Å². The van der Waals surface area contributed by atoms with E-state index in [2.05, 4.69) is 43.9 Å². The van der Waals surface area contributed by atoms with Crippen LogP contribution >= 0.6 is 0 Å². The standard InChI is InChI=1S/C21H26F3N5O/c1-16(28-11-13-29(14-12-28)18-5-3-2-4-6-18)15-26-20(25)27-17-7-9-19(10-8-17)30-21(22,23)24/h2-10,16H,11-15H2,1H3,(H3,25,26,27). The van der Waals surface area contributed by atoms with Gasteiger partial charge in [-0.1, -0.05) is 18.2 Å². The molecule has 2 aromatic rings. The Morgan fingerprint density at radius 1 is 1.07 bits per heavy atom. The summed E-state index contributed by atoms with van der Waals surface area (Å²) in [5, 5.41) is 2.88. The highest BCUT2D eigenvalue weighted by atomic mass is 19.4. The fraction of sp³-hybridized carbons (Fsp3) is 0.381. The van der Waals surface area contributed by atoms with Gasteiger partial charge in [-0.3, -0.25) is 9.89 Å². The van der Waals surface area contributed by atoms with Gasteiger partial charge < -0.3 is 20.7 Å². The van der Waals surface area contributed by atoms with Crippen LogP contribution in [0.1, 0.15) is 6.92 Å². The van der Waals surface area contributed by atoms with Crippen molar-refractivity contribution in [1.82, 2.24) is 4.90 Å². The summed E-state index contributed by atoms with van der Waals surface area (Å²) in [4.78, 5) is 9.11. The fourth-order valence-corrected chi connectivity index (χ4v) is 3.33. The number of benzene rings is 2. The lowest BCUT2D eigenvalue weighted by atomic mass is 10.2. The summed E-state index contributed by atoms with van der Waals surface area (Å²) < 4.78 is 40.5. The van der Waals surface area contributed by atoms with Crippen molar-refractivity contribution in [3.05, 3.63) is 54.6 Å². The van der Waals surface area contributed by atoms with E-state index in [1.54, 1.807) is 0 Å². The first kappa shape index (κ1) is 21.8. The third-order valence-corrected chi connectivity index (χ3v) is 4.95. The highest BCUT2D eigenvalue weighted by Crippen LogP contribution is 2.24. The first-order valence-corrected chi connectivity index (χ1v) is 9.77. The van der Waals surface area contributed by atoms with E-state index >= 15 is 0 Å². The molecule has 1 aliphatic rings. The van der Waals surface area contributed by atoms with Gasteiger partial charge in [0.15, 0.2) is 5.96 Å². The van der Waals surface area contributed by atoms with Crippen molar-refractivity contribution in [2.24, 2.45) is 10.7 Å². The topological polar surface area (TPSA) is 66.1 Å². The number of piperazine rings is 1. The lowest BCUT2D eigenvalue weighted by Crippen LogP contribution is -2.50. The number of hydrogen-bond acceptors (Lipinski definition) is 4. The molecular weight excluding hydrogens is 395 g/mol. The van der Waals surface area contributed by atoms with Crippen molar-refractivity contribution in [1.29, 1.82) is 0 Å². The second-order valence-electron chi connectivity index (χ2n) is 7.13. The Kier molecular flexibility index (Phi) is 7.04. The smallest absolute Gasteiger partial charge is 0.406 e. The summed E-state index contributed by atoms with van der Waals surface area (Å²) in [5.41, 5.74) is 7.70. The Morgan fingerprint density at radius 3 is 2.30 bits per heavy atom. The molecular formula is C21H26F3N5O. The Morgan fingerprint density at radius 2 is 1.70 bits per heavy atom. The van der Waals surface area contributed by atoms with Crippen molar-refractivity contribution in [3.63, 3.8) is 0 Å². The number of nitrogens with one attached hydrogen (secondary N) is 1. The Bertz CT molecular complexity index is 819. The van der Waals surface area contributed by atoms with Crippen LogP contribution in [-0.4, -0.2) is 56.0 Å². The van der Waals surface area contributed by atoms with E-state index in [1.165, 1.54) is 30.0 Å². The van der Waals surface area contributed by atoms with Gasteiger partial charge >= 0.3 is 6.36 Å². The second-order valence-corrected chi connectivity index (χ2v) is 7.13. The van der Waals surface area contributed by atoms with Crippen molar-refractivity contribution >= 4 is 17.3 Å². The molecule has 0 spiro atoms. The highest BCUT2D eigenvalue weighted by molar-refractivity contribution is 5.92. The summed E-state index contributed by atoms with van der Waals surface area (Å²) in [6, 6.07) is 15.9. The molecule has 1 fully saturated rings. The van der Waals surface area contributed by atoms with Crippen LogP contribution in [0.3, 0.4) is 0 Å². The molecule has 2 aromatic carbocycles. The number of para-hydroxylation sites is 1. The van der Waals surface area contributed by atoms with Crippen molar-refractivity contribution in [2.45, 2.75) is 19.3 Å². The van der Waals surface area contributed by atoms with Crippen molar-refractivity contribution < 1.29 is 17.9 Å². The van der Waals surface area contributed by atoms with Crippen LogP contribution in [0.5, 0.6) is 5.75 Å². The Balaban J connectivity index is 1.45. The predicted octanol–water partition coefficient (Wildman–Crippen LogP) is 3.52. The number of halogens is 3. The first-order valence-electron chi connectivity index (χ1n) is 9.77. The molecule has 30 heavy (non-hydrogen) atoms. The predicted molar refractivity (Wildman–Crippen MR) is 113 cm³/mol. The lowest BCUT2D eigenvalue weighted by molar-refractivity contribution is -0.274. The van der Waals surface area contributed by atoms with E-state index in [4.69, 9.17) is 5.73 Å². The quantitative estimate of drug-likeness (QED) is 0.552. The molecule has 3 N–H and O–H groups in total. The normalized spacial score (nSPS) is 16.9. The van der Waals surface area contributed by atoms with E-state index in [9.17, 15) is 13.2 Å². The van der Waals surface area contributed by atoms with Gasteiger partial charge in [0.05, 0.1) is 6.54 Å². The maximum atomic E-state index is 12.2. The van der Waals surface area contributed by atoms with E-state index in [0.717, 1.165) is 26.2 Å². The van der Waals surface area contributed by atoms with E-state index in [1.807, 2.05) is 18.2 Å². The third kappa shape index (κ3) is 6.55. The van der Waals surface area contributed by atoms with E-state index in [0.29, 0.717) is 12.2 Å². The summed E-state index contributed by atoms with van der Waals surface area (Å²) in [6.07, 6.45) is -4.71. The van der Waals surface area contributed by atoms with Gasteiger partial charge in [-0.25, -0.2) is 0 Å². The average Bonchev–Trinajstić information content (AvgIpc) is 2.73. The number of anilines is 2. The van der Waals surface area contributed by atoms with E-state index in [-0.39, 0.29) is 17.8 Å². The van der Waals surface area contributed by atoms with E-state index < -0.39 is 6.36 Å². The largest absolute Gasteiger partial charge is 0.573 e. The van der Waals surface area contributed by atoms with Gasteiger partial charge in [-0.2, -0.15) is 0 Å². The molecule has 1 saturated heterocycles. The molecule has 0 saturated carbocycles. The zero-order valence-electron chi connectivity index (χ0n) is 16.8. The van der Waals surface area contributed by atoms with Crippen LogP contribution in [0.25, 0.3) is 0 Å². The zero-order chi connectivity index (χ0) is 21.6. The molecule has 9 heteroatoms. The number of ether oxygens (including phenoxy) is 1. The van der Waals surface area contributed by atoms with Crippen LogP contribution in [0.4, 0.5) is 24.5 Å². The minimum atomic E-state index is -4.71. The number of rotatable bonds is 6. The van der Waals surface area contributed by atoms with Crippen LogP contribution in [0.2, 0.25) is 0 Å². The maximum absolute atomic E-state index is 12.2. The molecule has 1 heterocycles. The number of alkyl halides is 3. The summed E-state index contributed by atoms with van der Waals surface area (Å²) >= 11 is 0. The van der Waals surface area contributed by atoms with Crippen LogP contribution < -0.4 is 20.7 Å². The summed E-state index contributed by atoms with van der Waals surface area (Å²) in [5.74, 6) is -0.0684. The first-order chi connectivity index (χ1) is 14.3. The van der Waals surface area contributed by atoms with Crippen molar-refractivity contribution in [2.75, 3.05) is 42.9 Å². The molecule has 0 bridgehead atoms. The zero-order valence-corrected chi connectivity index (χ0v) is 16.8. The molecule has 0 radical (unpaired) electrons. The molecule has 1 unspecified atom stereocenters. The average molecular weight is 421 g/mol. The SMILES string of the molecule is CC(CN=C(N)Nc1ccc(OC(F)(F)F)cc1)N1CCN(c2ccccc2)CC1. The monoisotopic (exact) mass is 421 g/mol. The highest BCUT2D eigenvalue weighted by Gasteiger charge is 2.31. The van der Waals surface area contributed by atoms with Crippen LogP contribution in [0.15, 0.2) is 59.6 Å². The van der Waals surface area contributed by atoms with Crippen LogP contribution in [-0.2, 0) is 0 Å². The van der Waals surface area contributed by atoms with Gasteiger partial charge in [0.1, 0.15) is 5.75 Å². The minimum Gasteiger partial charge on any atom is -0.406 e. The molecule has 0 aromatic heterocycles. The van der Waals surface area contributed by atoms with Gasteiger partial charge in [0.2, 0.25) is 0 Å². The summed E-state index contributed by atoms with van der Waals surface area (Å²) in [7, 11) is 0. The molecule has 162 valence electrons. The Labute approximate surface area is 174 Å². The Hall–Kier alpha value is -2.94. The number of guanidine groups is 1. The molecule has 3 rings (SSSR count). The maximum Gasteiger partial charge on any atom is 0.573 e. The fourth-order valence-electron chi connectivity index (χ4n) is 3.33. The van der Waals surface area contributed by atoms with Gasteiger partial charge in [-0.05, 0) is 43.3 Å². The molecule has 1 atom stereocenters.